The maximum atomic E-state index is 11.4. The lowest BCUT2D eigenvalue weighted by Crippen LogP contribution is -2.23. The Labute approximate surface area is 89.6 Å². The number of ether oxygens (including phenoxy) is 1. The average Bonchev–Trinajstić information content (AvgIpc) is 2.23. The molecule has 78 valence electrons. The Bertz CT molecular complexity index is 432. The molecule has 2 nitrogen and oxygen atoms in total. The van der Waals surface area contributed by atoms with Crippen LogP contribution in [0.4, 0.5) is 0 Å². The van der Waals surface area contributed by atoms with E-state index >= 15 is 0 Å². The van der Waals surface area contributed by atoms with Crippen molar-refractivity contribution in [3.05, 3.63) is 35.9 Å². The molecule has 1 aliphatic rings. The second kappa shape index (κ2) is 3.54. The predicted octanol–water partition coefficient (Wildman–Crippen LogP) is 2.78. The maximum absolute atomic E-state index is 11.4. The fraction of sp³-hybridized carbons (Fsp3) is 0.308. The number of benzene rings is 1. The number of carbonyl (C=O) groups excluding carboxylic acids is 1. The van der Waals surface area contributed by atoms with E-state index in [4.69, 9.17) is 4.74 Å². The van der Waals surface area contributed by atoms with Gasteiger partial charge in [-0.2, -0.15) is 0 Å². The van der Waals surface area contributed by atoms with Gasteiger partial charge in [0.2, 0.25) is 0 Å². The molecular weight excluding hydrogens is 188 g/mol. The highest BCUT2D eigenvalue weighted by Crippen LogP contribution is 2.33. The van der Waals surface area contributed by atoms with Crippen LogP contribution in [0.2, 0.25) is 0 Å². The molecule has 0 bridgehead atoms. The summed E-state index contributed by atoms with van der Waals surface area (Å²) < 4.78 is 5.41. The summed E-state index contributed by atoms with van der Waals surface area (Å²) in [6.07, 6.45) is 0. The van der Waals surface area contributed by atoms with Gasteiger partial charge in [-0.3, -0.25) is 4.79 Å². The molecule has 0 radical (unpaired) electrons. The van der Waals surface area contributed by atoms with Crippen molar-refractivity contribution in [1.82, 2.24) is 0 Å². The Morgan fingerprint density at radius 2 is 2.27 bits per heavy atom. The summed E-state index contributed by atoms with van der Waals surface area (Å²) in [6.45, 7) is 7.95. The molecule has 1 atom stereocenters. The molecule has 1 unspecified atom stereocenters. The first kappa shape index (κ1) is 9.97. The Morgan fingerprint density at radius 1 is 1.53 bits per heavy atom. The zero-order chi connectivity index (χ0) is 11.0. The highest BCUT2D eigenvalue weighted by atomic mass is 16.5. The summed E-state index contributed by atoms with van der Waals surface area (Å²) in [5.41, 5.74) is 3.05. The molecule has 1 aliphatic heterocycles. The first-order chi connectivity index (χ1) is 7.09. The van der Waals surface area contributed by atoms with Crippen LogP contribution >= 0.6 is 0 Å². The van der Waals surface area contributed by atoms with Gasteiger partial charge in [-0.25, -0.2) is 0 Å². The summed E-state index contributed by atoms with van der Waals surface area (Å²) >= 11 is 0. The van der Waals surface area contributed by atoms with Gasteiger partial charge in [0.15, 0.2) is 5.78 Å². The number of fused-ring (bicyclic) bond motifs is 1. The summed E-state index contributed by atoms with van der Waals surface area (Å²) in [5, 5.41) is 0. The van der Waals surface area contributed by atoms with Crippen molar-refractivity contribution in [2.24, 2.45) is 0 Å². The SMILES string of the molecule is C=C(C)c1ccc2c(c1)OCC(=O)C2C. The first-order valence-corrected chi connectivity index (χ1v) is 5.05. The molecule has 0 amide bonds. The molecule has 15 heavy (non-hydrogen) atoms. The average molecular weight is 202 g/mol. The van der Waals surface area contributed by atoms with E-state index in [0.29, 0.717) is 0 Å². The quantitative estimate of drug-likeness (QED) is 0.700. The summed E-state index contributed by atoms with van der Waals surface area (Å²) in [6, 6.07) is 5.90. The van der Waals surface area contributed by atoms with Crippen LogP contribution in [0.5, 0.6) is 5.75 Å². The molecule has 2 rings (SSSR count). The van der Waals surface area contributed by atoms with Gasteiger partial charge >= 0.3 is 0 Å². The molecule has 0 N–H and O–H groups in total. The number of hydrogen-bond donors (Lipinski definition) is 0. The third kappa shape index (κ3) is 1.67. The summed E-state index contributed by atoms with van der Waals surface area (Å²) in [5.74, 6) is 0.918. The Balaban J connectivity index is 2.47. The Morgan fingerprint density at radius 3 is 2.93 bits per heavy atom. The molecular formula is C13H14O2. The Hall–Kier alpha value is -1.57. The van der Waals surface area contributed by atoms with Crippen LogP contribution in [0.1, 0.15) is 30.9 Å². The second-order valence-electron chi connectivity index (χ2n) is 4.01. The monoisotopic (exact) mass is 202 g/mol. The number of Topliss-reactive ketones (excluding diaryl/α,β-unsaturated/α-hetero) is 1. The van der Waals surface area contributed by atoms with Crippen molar-refractivity contribution in [3.8, 4) is 5.75 Å². The molecule has 0 aromatic heterocycles. The van der Waals surface area contributed by atoms with Crippen molar-refractivity contribution in [2.45, 2.75) is 19.8 Å². The topological polar surface area (TPSA) is 26.3 Å². The van der Waals surface area contributed by atoms with Crippen LogP contribution < -0.4 is 4.74 Å². The van der Waals surface area contributed by atoms with E-state index in [1.54, 1.807) is 0 Å². The Kier molecular flexibility index (Phi) is 2.35. The summed E-state index contributed by atoms with van der Waals surface area (Å²) in [7, 11) is 0. The van der Waals surface area contributed by atoms with Crippen LogP contribution in [0.25, 0.3) is 5.57 Å². The molecule has 1 heterocycles. The molecule has 0 saturated heterocycles. The van der Waals surface area contributed by atoms with Gasteiger partial charge < -0.3 is 4.74 Å². The van der Waals surface area contributed by atoms with E-state index in [2.05, 4.69) is 6.58 Å². The van der Waals surface area contributed by atoms with Crippen molar-refractivity contribution < 1.29 is 9.53 Å². The second-order valence-corrected chi connectivity index (χ2v) is 4.01. The molecule has 2 heteroatoms. The minimum absolute atomic E-state index is 0.0482. The zero-order valence-corrected chi connectivity index (χ0v) is 9.04. The lowest BCUT2D eigenvalue weighted by molar-refractivity contribution is -0.123. The third-order valence-corrected chi connectivity index (χ3v) is 2.83. The lowest BCUT2D eigenvalue weighted by Gasteiger charge is -2.22. The third-order valence-electron chi connectivity index (χ3n) is 2.83. The van der Waals surface area contributed by atoms with Gasteiger partial charge in [0.1, 0.15) is 12.4 Å². The predicted molar refractivity (Wildman–Crippen MR) is 60.1 cm³/mol. The molecule has 1 aromatic carbocycles. The van der Waals surface area contributed by atoms with E-state index in [1.165, 1.54) is 0 Å². The highest BCUT2D eigenvalue weighted by Gasteiger charge is 2.24. The van der Waals surface area contributed by atoms with Crippen LogP contribution in [-0.2, 0) is 4.79 Å². The van der Waals surface area contributed by atoms with Crippen molar-refractivity contribution in [3.63, 3.8) is 0 Å². The lowest BCUT2D eigenvalue weighted by atomic mass is 9.92. The summed E-state index contributed by atoms with van der Waals surface area (Å²) in [4.78, 5) is 11.4. The minimum atomic E-state index is -0.0482. The van der Waals surface area contributed by atoms with E-state index in [-0.39, 0.29) is 18.3 Å². The van der Waals surface area contributed by atoms with Crippen LogP contribution in [0, 0.1) is 0 Å². The van der Waals surface area contributed by atoms with Crippen molar-refractivity contribution in [2.75, 3.05) is 6.61 Å². The van der Waals surface area contributed by atoms with Crippen LogP contribution in [-0.4, -0.2) is 12.4 Å². The van der Waals surface area contributed by atoms with Crippen molar-refractivity contribution in [1.29, 1.82) is 0 Å². The minimum Gasteiger partial charge on any atom is -0.485 e. The molecule has 0 saturated carbocycles. The van der Waals surface area contributed by atoms with Gasteiger partial charge in [0, 0.05) is 11.5 Å². The standard InChI is InChI=1S/C13H14O2/c1-8(2)10-4-5-11-9(3)12(14)7-15-13(11)6-10/h4-6,9H,1,7H2,2-3H3. The number of allylic oxidation sites excluding steroid dienone is 1. The van der Waals surface area contributed by atoms with Crippen LogP contribution in [0.3, 0.4) is 0 Å². The van der Waals surface area contributed by atoms with E-state index < -0.39 is 0 Å². The van der Waals surface area contributed by atoms with E-state index in [1.807, 2.05) is 32.0 Å². The molecule has 0 fully saturated rings. The van der Waals surface area contributed by atoms with E-state index in [0.717, 1.165) is 22.4 Å². The van der Waals surface area contributed by atoms with Crippen molar-refractivity contribution >= 4 is 11.4 Å². The first-order valence-electron chi connectivity index (χ1n) is 5.05. The molecule has 1 aromatic rings. The van der Waals surface area contributed by atoms with Gasteiger partial charge in [0.05, 0.1) is 0 Å². The molecule has 0 spiro atoms. The smallest absolute Gasteiger partial charge is 0.177 e. The van der Waals surface area contributed by atoms with Gasteiger partial charge in [-0.05, 0) is 18.6 Å². The van der Waals surface area contributed by atoms with Crippen LogP contribution in [0.15, 0.2) is 24.8 Å². The van der Waals surface area contributed by atoms with Gasteiger partial charge in [0.25, 0.3) is 0 Å². The van der Waals surface area contributed by atoms with Gasteiger partial charge in [-0.15, -0.1) is 0 Å². The highest BCUT2D eigenvalue weighted by molar-refractivity contribution is 5.89. The largest absolute Gasteiger partial charge is 0.485 e. The zero-order valence-electron chi connectivity index (χ0n) is 9.04. The van der Waals surface area contributed by atoms with Gasteiger partial charge in [-0.1, -0.05) is 31.2 Å². The number of rotatable bonds is 1. The number of carbonyl (C=O) groups is 1. The van der Waals surface area contributed by atoms with E-state index in [9.17, 15) is 4.79 Å². The fourth-order valence-corrected chi connectivity index (χ4v) is 1.73. The maximum Gasteiger partial charge on any atom is 0.177 e. The molecule has 0 aliphatic carbocycles. The normalized spacial score (nSPS) is 19.3. The fourth-order valence-electron chi connectivity index (χ4n) is 1.73. The number of hydrogen-bond acceptors (Lipinski definition) is 2. The number of ketones is 1.